The van der Waals surface area contributed by atoms with Gasteiger partial charge in [0.1, 0.15) is 35.9 Å². The van der Waals surface area contributed by atoms with Gasteiger partial charge in [-0.05, 0) is 79.1 Å². The molecule has 1 atom stereocenters. The standard InChI is InChI=1S/C41H38N6O7/c1-23-42-38(54-46-23)34-6-4-5-27(44-34)22-52-29-12-7-24(8-13-29)41(2,3)25-9-14-30(15-10-25)53-31-19-28(20-31)43-26-11-16-32-33(21-26)40(51)47(39(32)50)35-17-18-36(48)45-37(35)49/h4-16,21,28,31,35,43H,17-20,22H2,1-3H3,(H,45,48,49)/t28-,31+,35?. The van der Waals surface area contributed by atoms with Gasteiger partial charge in [0.05, 0.1) is 16.8 Å². The van der Waals surface area contributed by atoms with Crippen LogP contribution in [0.5, 0.6) is 11.5 Å². The molecule has 1 aliphatic carbocycles. The van der Waals surface area contributed by atoms with Crippen molar-refractivity contribution in [2.75, 3.05) is 5.32 Å². The molecule has 3 aromatic carbocycles. The maximum absolute atomic E-state index is 13.2. The van der Waals surface area contributed by atoms with Gasteiger partial charge in [-0.3, -0.25) is 29.4 Å². The molecule has 0 spiro atoms. The average Bonchev–Trinajstić information content (AvgIpc) is 3.70. The van der Waals surface area contributed by atoms with Crippen LogP contribution in [0.2, 0.25) is 0 Å². The van der Waals surface area contributed by atoms with Crippen LogP contribution in [0.3, 0.4) is 0 Å². The molecule has 13 heteroatoms. The molecule has 2 aliphatic heterocycles. The van der Waals surface area contributed by atoms with E-state index in [1.165, 1.54) is 0 Å². The molecule has 0 bridgehead atoms. The van der Waals surface area contributed by atoms with Crippen LogP contribution in [0, 0.1) is 6.92 Å². The summed E-state index contributed by atoms with van der Waals surface area (Å²) in [7, 11) is 0. The minimum Gasteiger partial charge on any atom is -0.490 e. The fraction of sp³-hybridized carbons (Fsp3) is 0.293. The second-order valence-electron chi connectivity index (χ2n) is 14.4. The summed E-state index contributed by atoms with van der Waals surface area (Å²) >= 11 is 0. The number of piperidine rings is 1. The van der Waals surface area contributed by atoms with Crippen molar-refractivity contribution >= 4 is 29.3 Å². The van der Waals surface area contributed by atoms with Gasteiger partial charge in [-0.15, -0.1) is 0 Å². The second-order valence-corrected chi connectivity index (χ2v) is 14.4. The van der Waals surface area contributed by atoms with Crippen LogP contribution in [0.15, 0.2) is 89.5 Å². The van der Waals surface area contributed by atoms with E-state index in [9.17, 15) is 19.2 Å². The van der Waals surface area contributed by atoms with Crippen molar-refractivity contribution in [1.82, 2.24) is 25.3 Å². The molecular weight excluding hydrogens is 688 g/mol. The first-order chi connectivity index (χ1) is 26.0. The number of imide groups is 2. The summed E-state index contributed by atoms with van der Waals surface area (Å²) in [6, 6.07) is 26.1. The number of ether oxygens (including phenoxy) is 2. The minimum atomic E-state index is -0.989. The smallest absolute Gasteiger partial charge is 0.276 e. The Kier molecular flexibility index (Phi) is 8.92. The first-order valence-electron chi connectivity index (χ1n) is 17.9. The van der Waals surface area contributed by atoms with Crippen molar-refractivity contribution < 1.29 is 33.2 Å². The molecule has 8 rings (SSSR count). The molecule has 4 heterocycles. The number of benzene rings is 3. The topological polar surface area (TPSA) is 166 Å². The zero-order valence-corrected chi connectivity index (χ0v) is 30.0. The van der Waals surface area contributed by atoms with Crippen LogP contribution in [0.1, 0.15) is 82.9 Å². The van der Waals surface area contributed by atoms with Gasteiger partial charge in [0.2, 0.25) is 11.8 Å². The monoisotopic (exact) mass is 726 g/mol. The minimum absolute atomic E-state index is 0.0373. The normalized spacial score (nSPS) is 19.6. The molecule has 1 saturated heterocycles. The highest BCUT2D eigenvalue weighted by Gasteiger charge is 2.45. The van der Waals surface area contributed by atoms with E-state index in [0.29, 0.717) is 29.7 Å². The Balaban J connectivity index is 0.822. The van der Waals surface area contributed by atoms with Crippen LogP contribution in [-0.4, -0.2) is 61.8 Å². The largest absolute Gasteiger partial charge is 0.490 e. The number of rotatable bonds is 11. The summed E-state index contributed by atoms with van der Waals surface area (Å²) in [5.74, 6) is 0.397. The van der Waals surface area contributed by atoms with Crippen molar-refractivity contribution in [3.05, 3.63) is 119 Å². The quantitative estimate of drug-likeness (QED) is 0.159. The number of carbonyl (C=O) groups is 4. The molecule has 54 heavy (non-hydrogen) atoms. The van der Waals surface area contributed by atoms with E-state index in [1.54, 1.807) is 25.1 Å². The first kappa shape index (κ1) is 34.7. The molecule has 2 N–H and O–H groups in total. The zero-order valence-electron chi connectivity index (χ0n) is 30.0. The molecule has 5 aromatic rings. The number of anilines is 1. The van der Waals surface area contributed by atoms with Gasteiger partial charge >= 0.3 is 0 Å². The predicted molar refractivity (Wildman–Crippen MR) is 196 cm³/mol. The van der Waals surface area contributed by atoms with E-state index >= 15 is 0 Å². The highest BCUT2D eigenvalue weighted by Crippen LogP contribution is 2.36. The number of hydrogen-bond donors (Lipinski definition) is 2. The lowest BCUT2D eigenvalue weighted by atomic mass is 9.78. The predicted octanol–water partition coefficient (Wildman–Crippen LogP) is 5.77. The van der Waals surface area contributed by atoms with Crippen molar-refractivity contribution in [3.63, 3.8) is 0 Å². The van der Waals surface area contributed by atoms with Crippen LogP contribution in [0.4, 0.5) is 5.69 Å². The molecule has 274 valence electrons. The number of fused-ring (bicyclic) bond motifs is 1. The summed E-state index contributed by atoms with van der Waals surface area (Å²) in [5, 5.41) is 9.49. The summed E-state index contributed by atoms with van der Waals surface area (Å²) in [6.45, 7) is 6.43. The van der Waals surface area contributed by atoms with Crippen LogP contribution in [0.25, 0.3) is 11.6 Å². The van der Waals surface area contributed by atoms with Crippen LogP contribution in [-0.2, 0) is 21.6 Å². The van der Waals surface area contributed by atoms with Gasteiger partial charge in [-0.25, -0.2) is 4.98 Å². The van der Waals surface area contributed by atoms with E-state index < -0.39 is 29.7 Å². The van der Waals surface area contributed by atoms with E-state index in [4.69, 9.17) is 14.0 Å². The lowest BCUT2D eigenvalue weighted by molar-refractivity contribution is -0.136. The maximum Gasteiger partial charge on any atom is 0.276 e. The van der Waals surface area contributed by atoms with Gasteiger partial charge in [0.25, 0.3) is 17.7 Å². The van der Waals surface area contributed by atoms with E-state index in [2.05, 4.69) is 63.9 Å². The lowest BCUT2D eigenvalue weighted by Crippen LogP contribution is -2.54. The molecule has 2 aromatic heterocycles. The Morgan fingerprint density at radius 2 is 1.57 bits per heavy atom. The first-order valence-corrected chi connectivity index (χ1v) is 17.9. The number of nitrogens with one attached hydrogen (secondary N) is 2. The Hall–Kier alpha value is -6.37. The fourth-order valence-corrected chi connectivity index (χ4v) is 7.09. The SMILES string of the molecule is Cc1noc(-c2cccc(COc3ccc(C(C)(C)c4ccc(O[C@H]5C[C@@H](Nc6ccc7c(c6)C(=O)N(C6CCC(=O)NC6=O)C7=O)C5)cc4)cc3)n2)n1. The van der Waals surface area contributed by atoms with Crippen molar-refractivity contribution in [2.24, 2.45) is 0 Å². The van der Waals surface area contributed by atoms with E-state index in [0.717, 1.165) is 46.1 Å². The molecule has 1 unspecified atom stereocenters. The number of nitrogens with zero attached hydrogens (tertiary/aromatic N) is 4. The number of hydrogen-bond acceptors (Lipinski definition) is 11. The summed E-state index contributed by atoms with van der Waals surface area (Å²) in [4.78, 5) is 59.9. The molecule has 3 aliphatic rings. The molecule has 1 saturated carbocycles. The van der Waals surface area contributed by atoms with Gasteiger partial charge < -0.3 is 19.3 Å². The third-order valence-corrected chi connectivity index (χ3v) is 10.3. The lowest BCUT2D eigenvalue weighted by Gasteiger charge is -2.36. The number of amides is 4. The Labute approximate surface area is 311 Å². The number of pyridine rings is 1. The molecule has 0 radical (unpaired) electrons. The van der Waals surface area contributed by atoms with Crippen molar-refractivity contribution in [1.29, 1.82) is 0 Å². The molecular formula is C41H38N6O7. The van der Waals surface area contributed by atoms with Gasteiger partial charge in [-0.1, -0.05) is 49.3 Å². The third-order valence-electron chi connectivity index (χ3n) is 10.3. The summed E-state index contributed by atoms with van der Waals surface area (Å²) < 4.78 is 17.5. The Morgan fingerprint density at radius 3 is 2.26 bits per heavy atom. The number of carbonyl (C=O) groups excluding carboxylic acids is 4. The third kappa shape index (κ3) is 6.80. The molecule has 4 amide bonds. The van der Waals surface area contributed by atoms with E-state index in [1.807, 2.05) is 42.5 Å². The number of aryl methyl sites for hydroxylation is 1. The van der Waals surface area contributed by atoms with Gasteiger partial charge in [0.15, 0.2) is 5.82 Å². The van der Waals surface area contributed by atoms with Crippen molar-refractivity contribution in [3.8, 4) is 23.1 Å². The van der Waals surface area contributed by atoms with Crippen LogP contribution < -0.4 is 20.1 Å². The van der Waals surface area contributed by atoms with Gasteiger partial charge in [0, 0.05) is 36.4 Å². The second kappa shape index (κ2) is 13.9. The fourth-order valence-electron chi connectivity index (χ4n) is 7.09. The zero-order chi connectivity index (χ0) is 37.6. The summed E-state index contributed by atoms with van der Waals surface area (Å²) in [5.41, 5.74) is 4.61. The highest BCUT2D eigenvalue weighted by molar-refractivity contribution is 6.23. The Bertz CT molecular complexity index is 2260. The number of aromatic nitrogens is 3. The van der Waals surface area contributed by atoms with Crippen molar-refractivity contribution in [2.45, 2.75) is 76.7 Å². The molecule has 2 fully saturated rings. The molecule has 13 nitrogen and oxygen atoms in total. The van der Waals surface area contributed by atoms with E-state index in [-0.39, 0.29) is 41.5 Å². The summed E-state index contributed by atoms with van der Waals surface area (Å²) in [6.07, 6.45) is 1.78. The van der Waals surface area contributed by atoms with Crippen LogP contribution >= 0.6 is 0 Å². The average molecular weight is 727 g/mol. The van der Waals surface area contributed by atoms with Gasteiger partial charge in [-0.2, -0.15) is 4.98 Å². The maximum atomic E-state index is 13.2. The highest BCUT2D eigenvalue weighted by atomic mass is 16.5. The Morgan fingerprint density at radius 1 is 0.870 bits per heavy atom.